The Balaban J connectivity index is 1.82. The van der Waals surface area contributed by atoms with Gasteiger partial charge in [0.1, 0.15) is 12.4 Å². The summed E-state index contributed by atoms with van der Waals surface area (Å²) in [5.74, 6) is 2.34. The van der Waals surface area contributed by atoms with Crippen LogP contribution >= 0.6 is 23.2 Å². The molecule has 7 heteroatoms. The van der Waals surface area contributed by atoms with Gasteiger partial charge in [-0.3, -0.25) is 4.98 Å². The fourth-order valence-electron chi connectivity index (χ4n) is 3.52. The van der Waals surface area contributed by atoms with Gasteiger partial charge in [-0.1, -0.05) is 11.6 Å². The Labute approximate surface area is 190 Å². The molecule has 0 aliphatic rings. The number of aryl methyl sites for hydroxylation is 1. The summed E-state index contributed by atoms with van der Waals surface area (Å²) in [6, 6.07) is 13.8. The van der Waals surface area contributed by atoms with Crippen LogP contribution in [0.3, 0.4) is 0 Å². The molecule has 0 radical (unpaired) electrons. The Morgan fingerprint density at radius 2 is 1.65 bits per heavy atom. The lowest BCUT2D eigenvalue weighted by molar-refractivity contribution is 0.313. The lowest BCUT2D eigenvalue weighted by Gasteiger charge is -2.15. The first kappa shape index (κ1) is 21.3. The van der Waals surface area contributed by atoms with Gasteiger partial charge in [0.05, 0.1) is 30.6 Å². The molecule has 0 bridgehead atoms. The second kappa shape index (κ2) is 9.08. The van der Waals surface area contributed by atoms with Crippen LogP contribution in [0.4, 0.5) is 11.4 Å². The maximum absolute atomic E-state index is 6.25. The predicted octanol–water partition coefficient (Wildman–Crippen LogP) is 6.73. The van der Waals surface area contributed by atoms with Crippen LogP contribution in [0, 0.1) is 6.92 Å². The van der Waals surface area contributed by atoms with Gasteiger partial charge < -0.3 is 19.5 Å². The average molecular weight is 457 g/mol. The summed E-state index contributed by atoms with van der Waals surface area (Å²) in [5, 5.41) is 7.09. The van der Waals surface area contributed by atoms with Crippen molar-refractivity contribution in [2.45, 2.75) is 6.92 Å². The van der Waals surface area contributed by atoms with Gasteiger partial charge in [-0.05, 0) is 59.7 Å². The second-order valence-electron chi connectivity index (χ2n) is 7.04. The molecule has 31 heavy (non-hydrogen) atoms. The first-order chi connectivity index (χ1) is 15.0. The van der Waals surface area contributed by atoms with E-state index in [4.69, 9.17) is 37.4 Å². The molecule has 0 saturated heterocycles. The van der Waals surface area contributed by atoms with E-state index in [0.717, 1.165) is 38.6 Å². The third-order valence-corrected chi connectivity index (χ3v) is 5.53. The van der Waals surface area contributed by atoms with E-state index < -0.39 is 0 Å². The summed E-state index contributed by atoms with van der Waals surface area (Å²) in [7, 11) is 3.23. The minimum absolute atomic E-state index is 0.404. The normalized spacial score (nSPS) is 11.0. The summed E-state index contributed by atoms with van der Waals surface area (Å²) in [6.07, 6.45) is 1.79. The lowest BCUT2D eigenvalue weighted by Crippen LogP contribution is -2.00. The highest BCUT2D eigenvalue weighted by atomic mass is 35.5. The molecule has 4 rings (SSSR count). The molecule has 1 aromatic heterocycles. The van der Waals surface area contributed by atoms with Crippen LogP contribution in [-0.4, -0.2) is 31.7 Å². The average Bonchev–Trinajstić information content (AvgIpc) is 2.77. The standard InChI is InChI=1S/C24H22Cl2N2O3/c1-14-8-18(26)22(29-2)13-20(14)28-19-4-6-27-21-10-16-11-23(30-3)24(31-7-5-25)12-15(16)9-17(19)21/h4,6,8-13H,5,7H2,1-3H3,(H,27,28). The largest absolute Gasteiger partial charge is 0.495 e. The van der Waals surface area contributed by atoms with Crippen LogP contribution in [0.25, 0.3) is 21.7 Å². The van der Waals surface area contributed by atoms with Crippen molar-refractivity contribution in [1.82, 2.24) is 4.98 Å². The topological polar surface area (TPSA) is 52.6 Å². The van der Waals surface area contributed by atoms with Crippen LogP contribution in [0.2, 0.25) is 5.02 Å². The van der Waals surface area contributed by atoms with Crippen LogP contribution in [0.15, 0.2) is 48.7 Å². The number of nitrogens with zero attached hydrogens (tertiary/aromatic N) is 1. The van der Waals surface area contributed by atoms with Crippen molar-refractivity contribution in [3.63, 3.8) is 0 Å². The minimum Gasteiger partial charge on any atom is -0.495 e. The highest BCUT2D eigenvalue weighted by Crippen LogP contribution is 2.37. The monoisotopic (exact) mass is 456 g/mol. The van der Waals surface area contributed by atoms with E-state index in [0.29, 0.717) is 34.8 Å². The summed E-state index contributed by atoms with van der Waals surface area (Å²) in [4.78, 5) is 4.56. The Kier molecular flexibility index (Phi) is 6.25. The highest BCUT2D eigenvalue weighted by Gasteiger charge is 2.12. The zero-order valence-electron chi connectivity index (χ0n) is 17.5. The number of hydrogen-bond donors (Lipinski definition) is 1. The van der Waals surface area contributed by atoms with E-state index in [1.165, 1.54) is 0 Å². The molecule has 0 unspecified atom stereocenters. The molecule has 3 aromatic carbocycles. The Hall–Kier alpha value is -2.89. The number of fused-ring (bicyclic) bond motifs is 2. The SMILES string of the molecule is COc1cc(Nc2ccnc3cc4cc(OC)c(OCCCl)cc4cc23)c(C)cc1Cl. The van der Waals surface area contributed by atoms with Crippen molar-refractivity contribution in [3.05, 3.63) is 59.2 Å². The fraction of sp³-hybridized carbons (Fsp3) is 0.208. The molecule has 0 atom stereocenters. The molecule has 0 spiro atoms. The molecule has 1 N–H and O–H groups in total. The molecule has 0 amide bonds. The number of benzene rings is 3. The smallest absolute Gasteiger partial charge is 0.161 e. The molecule has 0 saturated carbocycles. The van der Waals surface area contributed by atoms with Gasteiger partial charge in [0.25, 0.3) is 0 Å². The van der Waals surface area contributed by atoms with E-state index in [-0.39, 0.29) is 0 Å². The molecule has 0 aliphatic heterocycles. The summed E-state index contributed by atoms with van der Waals surface area (Å²) >= 11 is 12.0. The highest BCUT2D eigenvalue weighted by molar-refractivity contribution is 6.32. The number of anilines is 2. The van der Waals surface area contributed by atoms with Crippen molar-refractivity contribution in [2.75, 3.05) is 32.0 Å². The Bertz CT molecular complexity index is 1260. The van der Waals surface area contributed by atoms with E-state index in [2.05, 4.69) is 16.4 Å². The molecular formula is C24H22Cl2N2O3. The maximum atomic E-state index is 6.25. The second-order valence-corrected chi connectivity index (χ2v) is 7.83. The minimum atomic E-state index is 0.404. The molecule has 5 nitrogen and oxygen atoms in total. The van der Waals surface area contributed by atoms with Gasteiger partial charge >= 0.3 is 0 Å². The molecular weight excluding hydrogens is 435 g/mol. The first-order valence-electron chi connectivity index (χ1n) is 9.74. The van der Waals surface area contributed by atoms with Crippen LogP contribution in [-0.2, 0) is 0 Å². The summed E-state index contributed by atoms with van der Waals surface area (Å²) < 4.78 is 16.6. The number of aromatic nitrogens is 1. The number of rotatable bonds is 7. The number of halogens is 2. The van der Waals surface area contributed by atoms with Crippen molar-refractivity contribution in [3.8, 4) is 17.2 Å². The summed E-state index contributed by atoms with van der Waals surface area (Å²) in [5.41, 5.74) is 3.72. The zero-order valence-corrected chi connectivity index (χ0v) is 19.0. The van der Waals surface area contributed by atoms with Gasteiger partial charge in [-0.2, -0.15) is 0 Å². The summed E-state index contributed by atoms with van der Waals surface area (Å²) in [6.45, 7) is 2.40. The fourth-order valence-corrected chi connectivity index (χ4v) is 3.89. The zero-order chi connectivity index (χ0) is 22.0. The number of hydrogen-bond acceptors (Lipinski definition) is 5. The van der Waals surface area contributed by atoms with Crippen molar-refractivity contribution in [2.24, 2.45) is 0 Å². The third-order valence-electron chi connectivity index (χ3n) is 5.09. The first-order valence-corrected chi connectivity index (χ1v) is 10.7. The van der Waals surface area contributed by atoms with Gasteiger partial charge in [-0.25, -0.2) is 0 Å². The number of ether oxygens (including phenoxy) is 3. The quantitative estimate of drug-likeness (QED) is 0.246. The van der Waals surface area contributed by atoms with Gasteiger partial charge in [0.15, 0.2) is 11.5 Å². The van der Waals surface area contributed by atoms with Gasteiger partial charge in [0.2, 0.25) is 0 Å². The number of methoxy groups -OCH3 is 2. The Morgan fingerprint density at radius 3 is 2.39 bits per heavy atom. The van der Waals surface area contributed by atoms with E-state index in [9.17, 15) is 0 Å². The number of nitrogens with one attached hydrogen (secondary N) is 1. The van der Waals surface area contributed by atoms with E-state index in [1.807, 2.05) is 43.3 Å². The number of pyridine rings is 1. The Morgan fingerprint density at radius 1 is 0.903 bits per heavy atom. The number of alkyl halides is 1. The molecule has 160 valence electrons. The van der Waals surface area contributed by atoms with Gasteiger partial charge in [0, 0.05) is 29.0 Å². The van der Waals surface area contributed by atoms with Crippen LogP contribution < -0.4 is 19.5 Å². The van der Waals surface area contributed by atoms with Crippen molar-refractivity contribution < 1.29 is 14.2 Å². The predicted molar refractivity (Wildman–Crippen MR) is 128 cm³/mol. The third kappa shape index (κ3) is 4.29. The lowest BCUT2D eigenvalue weighted by atomic mass is 10.0. The molecule has 1 heterocycles. The molecule has 4 aromatic rings. The maximum Gasteiger partial charge on any atom is 0.161 e. The van der Waals surface area contributed by atoms with Crippen LogP contribution in [0.5, 0.6) is 17.2 Å². The van der Waals surface area contributed by atoms with Crippen molar-refractivity contribution >= 4 is 56.3 Å². The van der Waals surface area contributed by atoms with Crippen LogP contribution in [0.1, 0.15) is 5.56 Å². The molecule has 0 fully saturated rings. The van der Waals surface area contributed by atoms with Crippen molar-refractivity contribution in [1.29, 1.82) is 0 Å². The van der Waals surface area contributed by atoms with E-state index in [1.54, 1.807) is 20.4 Å². The molecule has 0 aliphatic carbocycles. The van der Waals surface area contributed by atoms with E-state index >= 15 is 0 Å². The van der Waals surface area contributed by atoms with Gasteiger partial charge in [-0.15, -0.1) is 11.6 Å².